The van der Waals surface area contributed by atoms with Crippen LogP contribution in [0.1, 0.15) is 17.4 Å². The Balaban J connectivity index is 1.97. The van der Waals surface area contributed by atoms with E-state index in [-0.39, 0.29) is 5.76 Å². The van der Waals surface area contributed by atoms with Gasteiger partial charge in [0.15, 0.2) is 6.10 Å². The van der Waals surface area contributed by atoms with Crippen LogP contribution in [0.4, 0.5) is 0 Å². The number of aliphatic hydroxyl groups excluding tert-OH is 1. The fourth-order valence-electron chi connectivity index (χ4n) is 1.55. The van der Waals surface area contributed by atoms with Gasteiger partial charge in [-0.05, 0) is 17.7 Å². The fourth-order valence-corrected chi connectivity index (χ4v) is 1.99. The molecule has 0 saturated carbocycles. The maximum absolute atomic E-state index is 11.7. The van der Waals surface area contributed by atoms with Gasteiger partial charge in [0.2, 0.25) is 5.09 Å². The molecule has 2 aromatic rings. The minimum atomic E-state index is -4.43. The van der Waals surface area contributed by atoms with Crippen molar-refractivity contribution in [3.8, 4) is 0 Å². The van der Waals surface area contributed by atoms with E-state index in [0.717, 1.165) is 12.3 Å². The molecule has 22 heavy (non-hydrogen) atoms. The fraction of sp³-hybridized carbons (Fsp3) is 0.0769. The van der Waals surface area contributed by atoms with E-state index in [1.54, 1.807) is 30.3 Å². The van der Waals surface area contributed by atoms with Crippen molar-refractivity contribution in [2.75, 3.05) is 0 Å². The van der Waals surface area contributed by atoms with Crippen LogP contribution in [0.15, 0.2) is 57.1 Å². The Morgan fingerprint density at radius 3 is 2.50 bits per heavy atom. The van der Waals surface area contributed by atoms with E-state index in [2.05, 4.69) is 10.5 Å². The van der Waals surface area contributed by atoms with Crippen LogP contribution < -0.4 is 5.43 Å². The average molecular weight is 324 g/mol. The molecule has 0 radical (unpaired) electrons. The van der Waals surface area contributed by atoms with E-state index in [4.69, 9.17) is 8.97 Å². The molecule has 9 heteroatoms. The highest BCUT2D eigenvalue weighted by atomic mass is 32.2. The predicted molar refractivity (Wildman–Crippen MR) is 75.7 cm³/mol. The van der Waals surface area contributed by atoms with Crippen LogP contribution in [0, 0.1) is 0 Å². The van der Waals surface area contributed by atoms with Crippen LogP contribution in [0.3, 0.4) is 0 Å². The molecule has 0 bridgehead atoms. The van der Waals surface area contributed by atoms with E-state index < -0.39 is 27.2 Å². The highest BCUT2D eigenvalue weighted by Crippen LogP contribution is 2.13. The van der Waals surface area contributed by atoms with E-state index in [1.165, 1.54) is 6.07 Å². The van der Waals surface area contributed by atoms with Gasteiger partial charge in [-0.15, -0.1) is 0 Å². The highest BCUT2D eigenvalue weighted by Gasteiger charge is 2.16. The Kier molecular flexibility index (Phi) is 4.71. The molecule has 0 fully saturated rings. The zero-order valence-electron chi connectivity index (χ0n) is 11.1. The quantitative estimate of drug-likeness (QED) is 0.422. The summed E-state index contributed by atoms with van der Waals surface area (Å²) in [5.74, 6) is -0.758. The molecule has 0 aliphatic rings. The van der Waals surface area contributed by atoms with Crippen molar-refractivity contribution in [2.24, 2.45) is 5.10 Å². The zero-order valence-corrected chi connectivity index (χ0v) is 11.9. The number of hydrogen-bond acceptors (Lipinski definition) is 6. The van der Waals surface area contributed by atoms with Crippen LogP contribution >= 0.6 is 0 Å². The normalized spacial score (nSPS) is 13.2. The van der Waals surface area contributed by atoms with Crippen LogP contribution in [-0.2, 0) is 14.9 Å². The molecule has 1 unspecified atom stereocenters. The summed E-state index contributed by atoms with van der Waals surface area (Å²) in [6, 6.07) is 10.5. The molecule has 1 aromatic carbocycles. The third kappa shape index (κ3) is 4.01. The molecular weight excluding hydrogens is 312 g/mol. The van der Waals surface area contributed by atoms with Gasteiger partial charge >= 0.3 is 10.1 Å². The van der Waals surface area contributed by atoms with Crippen molar-refractivity contribution in [3.63, 3.8) is 0 Å². The number of nitrogens with zero attached hydrogens (tertiary/aromatic N) is 1. The number of carbonyl (C=O) groups is 1. The summed E-state index contributed by atoms with van der Waals surface area (Å²) in [6.07, 6.45) is -0.354. The van der Waals surface area contributed by atoms with Crippen molar-refractivity contribution in [2.45, 2.75) is 11.2 Å². The molecule has 8 nitrogen and oxygen atoms in total. The lowest BCUT2D eigenvalue weighted by molar-refractivity contribution is -0.129. The monoisotopic (exact) mass is 324 g/mol. The molecule has 1 amide bonds. The topological polar surface area (TPSA) is 129 Å². The van der Waals surface area contributed by atoms with Gasteiger partial charge in [0, 0.05) is 0 Å². The average Bonchev–Trinajstić information content (AvgIpc) is 2.96. The first-order chi connectivity index (χ1) is 10.4. The summed E-state index contributed by atoms with van der Waals surface area (Å²) in [5, 5.41) is 12.7. The van der Waals surface area contributed by atoms with Crippen LogP contribution in [0.5, 0.6) is 0 Å². The smallest absolute Gasteiger partial charge is 0.328 e. The second-order valence-electron chi connectivity index (χ2n) is 4.18. The van der Waals surface area contributed by atoms with Crippen molar-refractivity contribution in [1.82, 2.24) is 5.43 Å². The van der Waals surface area contributed by atoms with Crippen molar-refractivity contribution in [1.29, 1.82) is 0 Å². The first-order valence-electron chi connectivity index (χ1n) is 6.01. The van der Waals surface area contributed by atoms with Gasteiger partial charge in [0.25, 0.3) is 5.91 Å². The zero-order chi connectivity index (χ0) is 16.2. The number of carbonyl (C=O) groups excluding carboxylic acids is 1. The van der Waals surface area contributed by atoms with Gasteiger partial charge in [0.1, 0.15) is 5.76 Å². The maximum Gasteiger partial charge on any atom is 0.328 e. The van der Waals surface area contributed by atoms with Gasteiger partial charge in [0.05, 0.1) is 6.21 Å². The van der Waals surface area contributed by atoms with E-state index in [0.29, 0.717) is 5.56 Å². The molecule has 1 aromatic heterocycles. The third-order valence-corrected chi connectivity index (χ3v) is 3.31. The first-order valence-corrected chi connectivity index (χ1v) is 7.45. The number of furan rings is 1. The summed E-state index contributed by atoms with van der Waals surface area (Å²) in [4.78, 5) is 11.7. The summed E-state index contributed by atoms with van der Waals surface area (Å²) in [7, 11) is -4.43. The highest BCUT2D eigenvalue weighted by molar-refractivity contribution is 7.85. The van der Waals surface area contributed by atoms with Gasteiger partial charge in [-0.25, -0.2) is 5.43 Å². The minimum Gasteiger partial charge on any atom is -0.441 e. The molecule has 116 valence electrons. The van der Waals surface area contributed by atoms with Crippen LogP contribution in [-0.4, -0.2) is 30.2 Å². The first kappa shape index (κ1) is 15.9. The second-order valence-corrected chi connectivity index (χ2v) is 5.53. The molecule has 0 spiro atoms. The molecule has 0 aliphatic carbocycles. The molecule has 3 N–H and O–H groups in total. The van der Waals surface area contributed by atoms with Gasteiger partial charge < -0.3 is 9.52 Å². The van der Waals surface area contributed by atoms with Crippen molar-refractivity contribution < 1.29 is 27.3 Å². The minimum absolute atomic E-state index is 0.00197. The van der Waals surface area contributed by atoms with E-state index >= 15 is 0 Å². The Morgan fingerprint density at radius 2 is 1.91 bits per heavy atom. The molecule has 0 saturated heterocycles. The number of hydrogen-bond donors (Lipinski definition) is 3. The molecular formula is C13H12N2O6S. The van der Waals surface area contributed by atoms with Crippen LogP contribution in [0.25, 0.3) is 0 Å². The largest absolute Gasteiger partial charge is 0.441 e. The standard InChI is InChI=1S/C13H12N2O6S/c16-12(9-4-2-1-3-5-9)13(17)15-14-8-10-6-7-11(21-10)22(18,19)20/h1-8,12,16H,(H,15,17)(H,18,19,20)/b14-8+. The number of amides is 1. The summed E-state index contributed by atoms with van der Waals surface area (Å²) < 4.78 is 35.1. The lowest BCUT2D eigenvalue weighted by Gasteiger charge is -2.08. The SMILES string of the molecule is O=C(N/N=C/c1ccc(S(=O)(=O)O)o1)C(O)c1ccccc1. The lowest BCUT2D eigenvalue weighted by atomic mass is 10.1. The predicted octanol–water partition coefficient (Wildman–Crippen LogP) is 0.710. The molecule has 1 heterocycles. The molecule has 0 aliphatic heterocycles. The van der Waals surface area contributed by atoms with Gasteiger partial charge in [-0.1, -0.05) is 30.3 Å². The number of benzene rings is 1. The maximum atomic E-state index is 11.7. The van der Waals surface area contributed by atoms with Crippen molar-refractivity contribution in [3.05, 3.63) is 53.8 Å². The van der Waals surface area contributed by atoms with E-state index in [1.807, 2.05) is 0 Å². The second kappa shape index (κ2) is 6.52. The molecule has 1 atom stereocenters. The Hall–Kier alpha value is -2.49. The molecule has 2 rings (SSSR count). The Morgan fingerprint density at radius 1 is 1.23 bits per heavy atom. The van der Waals surface area contributed by atoms with Gasteiger partial charge in [-0.2, -0.15) is 13.5 Å². The van der Waals surface area contributed by atoms with Crippen molar-refractivity contribution >= 4 is 22.2 Å². The van der Waals surface area contributed by atoms with E-state index in [9.17, 15) is 18.3 Å². The third-order valence-electron chi connectivity index (χ3n) is 2.59. The number of nitrogens with one attached hydrogen (secondary N) is 1. The van der Waals surface area contributed by atoms with Crippen LogP contribution in [0.2, 0.25) is 0 Å². The van der Waals surface area contributed by atoms with Gasteiger partial charge in [-0.3, -0.25) is 9.35 Å². The number of hydrazone groups is 1. The number of rotatable bonds is 5. The summed E-state index contributed by atoms with van der Waals surface area (Å²) in [6.45, 7) is 0. The summed E-state index contributed by atoms with van der Waals surface area (Å²) in [5.41, 5.74) is 2.49. The number of aliphatic hydroxyl groups is 1. The summed E-state index contributed by atoms with van der Waals surface area (Å²) >= 11 is 0. The lowest BCUT2D eigenvalue weighted by Crippen LogP contribution is -2.25. The Bertz CT molecular complexity index is 782. The Labute approximate surface area is 125 Å².